The second-order valence-electron chi connectivity index (χ2n) is 3.93. The summed E-state index contributed by atoms with van der Waals surface area (Å²) in [7, 11) is 1.29. The van der Waals surface area contributed by atoms with Crippen molar-refractivity contribution in [2.45, 2.75) is 18.9 Å². The second kappa shape index (κ2) is 5.05. The average Bonchev–Trinajstić information content (AvgIpc) is 2.71. The molecule has 0 aliphatic carbocycles. The van der Waals surface area contributed by atoms with Crippen molar-refractivity contribution in [3.63, 3.8) is 0 Å². The average molecular weight is 240 g/mol. The number of hydrogen-bond donors (Lipinski definition) is 3. The summed E-state index contributed by atoms with van der Waals surface area (Å²) in [6, 6.07) is 0.268. The number of ether oxygens (including phenoxy) is 1. The number of anilines is 2. The molecule has 7 nitrogen and oxygen atoms in total. The van der Waals surface area contributed by atoms with Crippen LogP contribution in [0, 0.1) is 0 Å². The van der Waals surface area contributed by atoms with Gasteiger partial charge in [0.25, 0.3) is 0 Å². The molecule has 4 N–H and O–H groups in total. The number of esters is 1. The van der Waals surface area contributed by atoms with Crippen LogP contribution in [0.2, 0.25) is 0 Å². The first-order valence-electron chi connectivity index (χ1n) is 5.53. The molecule has 1 aromatic rings. The Bertz CT molecular complexity index is 398. The standard InChI is InChI=1S/C10H16N4O3/c1-16-10(15)7-8(11)17-14-9(7)13-6-2-4-12-5-3-6/h6,12H,2-5,11H2,1H3,(H,13,14). The van der Waals surface area contributed by atoms with Crippen LogP contribution in [0.5, 0.6) is 0 Å². The lowest BCUT2D eigenvalue weighted by molar-refractivity contribution is 0.0602. The van der Waals surface area contributed by atoms with Gasteiger partial charge in [-0.3, -0.25) is 0 Å². The lowest BCUT2D eigenvalue weighted by atomic mass is 10.1. The second-order valence-corrected chi connectivity index (χ2v) is 3.93. The van der Waals surface area contributed by atoms with Gasteiger partial charge in [-0.05, 0) is 25.9 Å². The van der Waals surface area contributed by atoms with E-state index in [9.17, 15) is 4.79 Å². The van der Waals surface area contributed by atoms with E-state index in [2.05, 4.69) is 20.5 Å². The summed E-state index contributed by atoms with van der Waals surface area (Å²) in [5, 5.41) is 10.2. The Morgan fingerprint density at radius 1 is 1.59 bits per heavy atom. The Kier molecular flexibility index (Phi) is 3.48. The Morgan fingerprint density at radius 3 is 2.94 bits per heavy atom. The van der Waals surface area contributed by atoms with Crippen molar-refractivity contribution in [1.82, 2.24) is 10.5 Å². The van der Waals surface area contributed by atoms with Crippen LogP contribution in [0.1, 0.15) is 23.2 Å². The van der Waals surface area contributed by atoms with Crippen LogP contribution < -0.4 is 16.4 Å². The maximum atomic E-state index is 11.5. The molecule has 94 valence electrons. The number of aromatic nitrogens is 1. The molecule has 0 aromatic carbocycles. The predicted molar refractivity (Wildman–Crippen MR) is 61.8 cm³/mol. The molecule has 2 rings (SSSR count). The first kappa shape index (κ1) is 11.7. The monoisotopic (exact) mass is 240 g/mol. The zero-order valence-electron chi connectivity index (χ0n) is 9.66. The highest BCUT2D eigenvalue weighted by atomic mass is 16.5. The normalized spacial score (nSPS) is 16.8. The minimum absolute atomic E-state index is 0.0201. The Labute approximate surface area is 98.7 Å². The fourth-order valence-electron chi connectivity index (χ4n) is 1.86. The first-order valence-corrected chi connectivity index (χ1v) is 5.53. The third kappa shape index (κ3) is 2.50. The number of methoxy groups -OCH3 is 1. The lowest BCUT2D eigenvalue weighted by Gasteiger charge is -2.23. The number of piperidine rings is 1. The summed E-state index contributed by atoms with van der Waals surface area (Å²) in [6.45, 7) is 1.89. The van der Waals surface area contributed by atoms with Gasteiger partial charge in [-0.25, -0.2) is 4.79 Å². The lowest BCUT2D eigenvalue weighted by Crippen LogP contribution is -2.35. The summed E-state index contributed by atoms with van der Waals surface area (Å²) in [5.74, 6) is -0.199. The molecule has 0 atom stereocenters. The van der Waals surface area contributed by atoms with Gasteiger partial charge in [-0.2, -0.15) is 0 Å². The van der Waals surface area contributed by atoms with Gasteiger partial charge >= 0.3 is 5.97 Å². The van der Waals surface area contributed by atoms with Gasteiger partial charge in [-0.1, -0.05) is 5.16 Å². The highest BCUT2D eigenvalue weighted by Crippen LogP contribution is 2.23. The van der Waals surface area contributed by atoms with E-state index in [0.717, 1.165) is 25.9 Å². The van der Waals surface area contributed by atoms with Crippen LogP contribution in [0.3, 0.4) is 0 Å². The Morgan fingerprint density at radius 2 is 2.29 bits per heavy atom. The molecular formula is C10H16N4O3. The van der Waals surface area contributed by atoms with E-state index in [1.54, 1.807) is 0 Å². The maximum Gasteiger partial charge on any atom is 0.347 e. The van der Waals surface area contributed by atoms with Crippen molar-refractivity contribution in [2.24, 2.45) is 0 Å². The van der Waals surface area contributed by atoms with Crippen LogP contribution in [-0.2, 0) is 4.74 Å². The molecule has 2 heterocycles. The fourth-order valence-corrected chi connectivity index (χ4v) is 1.86. The number of carbonyl (C=O) groups excluding carboxylic acids is 1. The third-order valence-electron chi connectivity index (χ3n) is 2.79. The molecule has 1 aliphatic heterocycles. The maximum absolute atomic E-state index is 11.5. The zero-order valence-corrected chi connectivity index (χ0v) is 9.66. The third-order valence-corrected chi connectivity index (χ3v) is 2.79. The first-order chi connectivity index (χ1) is 8.22. The van der Waals surface area contributed by atoms with Crippen LogP contribution in [0.25, 0.3) is 0 Å². The molecule has 0 unspecified atom stereocenters. The molecule has 0 bridgehead atoms. The number of nitrogens with two attached hydrogens (primary N) is 1. The summed E-state index contributed by atoms with van der Waals surface area (Å²) >= 11 is 0. The van der Waals surface area contributed by atoms with Crippen LogP contribution in [0.4, 0.5) is 11.7 Å². The van der Waals surface area contributed by atoms with E-state index in [1.807, 2.05) is 0 Å². The minimum Gasteiger partial charge on any atom is -0.465 e. The Balaban J connectivity index is 2.12. The summed E-state index contributed by atoms with van der Waals surface area (Å²) in [5.41, 5.74) is 5.71. The number of hydrogen-bond acceptors (Lipinski definition) is 7. The van der Waals surface area contributed by atoms with Crippen molar-refractivity contribution < 1.29 is 14.1 Å². The predicted octanol–water partition coefficient (Wildman–Crippen LogP) is 0.207. The minimum atomic E-state index is -0.541. The van der Waals surface area contributed by atoms with Gasteiger partial charge in [0.15, 0.2) is 11.4 Å². The van der Waals surface area contributed by atoms with Gasteiger partial charge in [0, 0.05) is 6.04 Å². The van der Waals surface area contributed by atoms with Gasteiger partial charge < -0.3 is 25.6 Å². The molecule has 1 saturated heterocycles. The van der Waals surface area contributed by atoms with Gasteiger partial charge in [0.1, 0.15) is 0 Å². The largest absolute Gasteiger partial charge is 0.465 e. The van der Waals surface area contributed by atoms with Gasteiger partial charge in [0.05, 0.1) is 7.11 Å². The molecule has 0 saturated carbocycles. The van der Waals surface area contributed by atoms with Crippen molar-refractivity contribution in [1.29, 1.82) is 0 Å². The van der Waals surface area contributed by atoms with Crippen LogP contribution in [0.15, 0.2) is 4.52 Å². The quantitative estimate of drug-likeness (QED) is 0.649. The number of nitrogens with zero attached hydrogens (tertiary/aromatic N) is 1. The van der Waals surface area contributed by atoms with E-state index < -0.39 is 5.97 Å². The summed E-state index contributed by atoms with van der Waals surface area (Å²) in [6.07, 6.45) is 1.93. The smallest absolute Gasteiger partial charge is 0.347 e. The number of nitrogen functional groups attached to an aromatic ring is 1. The molecule has 7 heteroatoms. The molecule has 17 heavy (non-hydrogen) atoms. The van der Waals surface area contributed by atoms with Crippen molar-refractivity contribution >= 4 is 17.7 Å². The van der Waals surface area contributed by atoms with Crippen molar-refractivity contribution in [2.75, 3.05) is 31.2 Å². The van der Waals surface area contributed by atoms with E-state index in [-0.39, 0.29) is 17.5 Å². The van der Waals surface area contributed by atoms with Crippen molar-refractivity contribution in [3.05, 3.63) is 5.56 Å². The van der Waals surface area contributed by atoms with E-state index in [4.69, 9.17) is 10.3 Å². The van der Waals surface area contributed by atoms with Gasteiger partial charge in [0.2, 0.25) is 5.88 Å². The molecular weight excluding hydrogens is 224 g/mol. The topological polar surface area (TPSA) is 102 Å². The summed E-state index contributed by atoms with van der Waals surface area (Å²) < 4.78 is 9.44. The molecule has 1 aromatic heterocycles. The van der Waals surface area contributed by atoms with Crippen LogP contribution >= 0.6 is 0 Å². The summed E-state index contributed by atoms with van der Waals surface area (Å²) in [4.78, 5) is 11.5. The van der Waals surface area contributed by atoms with E-state index >= 15 is 0 Å². The van der Waals surface area contributed by atoms with Crippen LogP contribution in [-0.4, -0.2) is 37.4 Å². The number of rotatable bonds is 3. The highest BCUT2D eigenvalue weighted by Gasteiger charge is 2.24. The molecule has 0 radical (unpaired) electrons. The molecule has 1 fully saturated rings. The molecule has 1 aliphatic rings. The van der Waals surface area contributed by atoms with E-state index in [0.29, 0.717) is 5.82 Å². The SMILES string of the molecule is COC(=O)c1c(NC2CCNCC2)noc1N. The Hall–Kier alpha value is -1.76. The highest BCUT2D eigenvalue weighted by molar-refractivity contribution is 5.98. The van der Waals surface area contributed by atoms with Gasteiger partial charge in [-0.15, -0.1) is 0 Å². The number of carbonyl (C=O) groups is 1. The number of nitrogens with one attached hydrogen (secondary N) is 2. The zero-order chi connectivity index (χ0) is 12.3. The fraction of sp³-hybridized carbons (Fsp3) is 0.600. The molecule has 0 spiro atoms. The molecule has 0 amide bonds. The van der Waals surface area contributed by atoms with Crippen molar-refractivity contribution in [3.8, 4) is 0 Å². The van der Waals surface area contributed by atoms with E-state index in [1.165, 1.54) is 7.11 Å².